The molecule has 0 aromatic carbocycles. The fourth-order valence-electron chi connectivity index (χ4n) is 0.718. The summed E-state index contributed by atoms with van der Waals surface area (Å²) in [5.74, 6) is 0. The van der Waals surface area contributed by atoms with E-state index in [1.165, 1.54) is 0 Å². The van der Waals surface area contributed by atoms with Gasteiger partial charge in [-0.2, -0.15) is 13.2 Å². The summed E-state index contributed by atoms with van der Waals surface area (Å²) in [4.78, 5) is 0. The van der Waals surface area contributed by atoms with Gasteiger partial charge in [0.25, 0.3) is 0 Å². The van der Waals surface area contributed by atoms with Gasteiger partial charge in [0.2, 0.25) is 0 Å². The monoisotopic (exact) mass is 170 g/mol. The van der Waals surface area contributed by atoms with Crippen LogP contribution in [0.2, 0.25) is 0 Å². The molecule has 1 heterocycles. The molecule has 1 aliphatic rings. The fourth-order valence-corrected chi connectivity index (χ4v) is 0.718. The third kappa shape index (κ3) is 3.04. The highest BCUT2D eigenvalue weighted by Crippen LogP contribution is 2.20. The number of nitrogens with one attached hydrogen (secondary N) is 1. The van der Waals surface area contributed by atoms with Crippen LogP contribution >= 0.6 is 0 Å². The molecule has 1 saturated heterocycles. The number of nitrogens with two attached hydrogens (primary N) is 1. The minimum Gasteiger partial charge on any atom is -0.352 e. The summed E-state index contributed by atoms with van der Waals surface area (Å²) in [6.07, 6.45) is -4.91. The second-order valence-electron chi connectivity index (χ2n) is 2.33. The van der Waals surface area contributed by atoms with E-state index in [1.54, 1.807) is 0 Å². The number of ether oxygens (including phenoxy) is 1. The molecule has 6 heteroatoms. The first kappa shape index (κ1) is 8.76. The number of alkyl halides is 3. The van der Waals surface area contributed by atoms with E-state index in [2.05, 4.69) is 5.32 Å². The standard InChI is InChI=1S/C5H9F3N2O/c6-5(7,8)2-10-4-3(1-9)11-4/h3-4,10H,1-2,9H2. The summed E-state index contributed by atoms with van der Waals surface area (Å²) >= 11 is 0. The summed E-state index contributed by atoms with van der Waals surface area (Å²) in [6, 6.07) is 0. The Morgan fingerprint density at radius 3 is 2.45 bits per heavy atom. The largest absolute Gasteiger partial charge is 0.401 e. The molecule has 3 nitrogen and oxygen atoms in total. The van der Waals surface area contributed by atoms with Gasteiger partial charge in [0, 0.05) is 6.54 Å². The summed E-state index contributed by atoms with van der Waals surface area (Å²) in [5, 5.41) is 2.17. The Kier molecular flexibility index (Phi) is 2.36. The molecule has 66 valence electrons. The first-order valence-electron chi connectivity index (χ1n) is 3.18. The highest BCUT2D eigenvalue weighted by molar-refractivity contribution is 4.83. The average Bonchev–Trinajstić information content (AvgIpc) is 2.60. The Labute approximate surface area is 61.7 Å². The van der Waals surface area contributed by atoms with Crippen molar-refractivity contribution in [3.8, 4) is 0 Å². The topological polar surface area (TPSA) is 50.6 Å². The number of rotatable bonds is 3. The van der Waals surface area contributed by atoms with E-state index in [4.69, 9.17) is 10.5 Å². The Morgan fingerprint density at radius 1 is 1.45 bits per heavy atom. The van der Waals surface area contributed by atoms with Gasteiger partial charge in [-0.05, 0) is 0 Å². The molecule has 0 aromatic rings. The molecule has 3 N–H and O–H groups in total. The van der Waals surface area contributed by atoms with Crippen molar-refractivity contribution in [1.29, 1.82) is 0 Å². The molecule has 0 aromatic heterocycles. The summed E-state index contributed by atoms with van der Waals surface area (Å²) in [5.41, 5.74) is 5.12. The van der Waals surface area contributed by atoms with Crippen LogP contribution in [0.4, 0.5) is 13.2 Å². The lowest BCUT2D eigenvalue weighted by atomic mass is 10.4. The smallest absolute Gasteiger partial charge is 0.352 e. The van der Waals surface area contributed by atoms with Crippen LogP contribution in [0.3, 0.4) is 0 Å². The zero-order valence-corrected chi connectivity index (χ0v) is 5.69. The van der Waals surface area contributed by atoms with Crippen LogP contribution in [0.25, 0.3) is 0 Å². The molecule has 2 atom stereocenters. The first-order chi connectivity index (χ1) is 5.03. The highest BCUT2D eigenvalue weighted by atomic mass is 19.4. The predicted molar refractivity (Wildman–Crippen MR) is 31.8 cm³/mol. The third-order valence-corrected chi connectivity index (χ3v) is 1.32. The minimum absolute atomic E-state index is 0.239. The van der Waals surface area contributed by atoms with Crippen molar-refractivity contribution in [2.24, 2.45) is 5.73 Å². The number of hydrogen-bond acceptors (Lipinski definition) is 3. The second-order valence-corrected chi connectivity index (χ2v) is 2.33. The molecule has 1 aliphatic heterocycles. The van der Waals surface area contributed by atoms with Crippen LogP contribution < -0.4 is 11.1 Å². The molecular weight excluding hydrogens is 161 g/mol. The highest BCUT2D eigenvalue weighted by Gasteiger charge is 2.40. The Hall–Kier alpha value is -0.330. The molecule has 0 saturated carbocycles. The maximum Gasteiger partial charge on any atom is 0.401 e. The van der Waals surface area contributed by atoms with Crippen molar-refractivity contribution in [3.05, 3.63) is 0 Å². The van der Waals surface area contributed by atoms with Crippen molar-refractivity contribution in [3.63, 3.8) is 0 Å². The maximum atomic E-state index is 11.5. The Morgan fingerprint density at radius 2 is 2.09 bits per heavy atom. The van der Waals surface area contributed by atoms with Crippen LogP contribution in [0.5, 0.6) is 0 Å². The van der Waals surface area contributed by atoms with Crippen LogP contribution in [0.15, 0.2) is 0 Å². The zero-order chi connectivity index (χ0) is 8.48. The minimum atomic E-state index is -4.18. The number of halogens is 3. The lowest BCUT2D eigenvalue weighted by Crippen LogP contribution is -2.32. The number of epoxide rings is 1. The molecule has 0 bridgehead atoms. The van der Waals surface area contributed by atoms with Gasteiger partial charge in [-0.25, -0.2) is 0 Å². The van der Waals surface area contributed by atoms with Gasteiger partial charge < -0.3 is 10.5 Å². The molecule has 0 spiro atoms. The summed E-state index contributed by atoms with van der Waals surface area (Å²) in [7, 11) is 0. The van der Waals surface area contributed by atoms with Crippen LogP contribution in [-0.2, 0) is 4.74 Å². The van der Waals surface area contributed by atoms with Crippen molar-refractivity contribution in [1.82, 2.24) is 5.32 Å². The van der Waals surface area contributed by atoms with Crippen LogP contribution in [0.1, 0.15) is 0 Å². The van der Waals surface area contributed by atoms with E-state index in [1.807, 2.05) is 0 Å². The van der Waals surface area contributed by atoms with Gasteiger partial charge in [-0.3, -0.25) is 5.32 Å². The van der Waals surface area contributed by atoms with E-state index in [0.29, 0.717) is 0 Å². The predicted octanol–water partition coefficient (Wildman–Crippen LogP) is -0.178. The first-order valence-corrected chi connectivity index (χ1v) is 3.18. The molecule has 1 rings (SSSR count). The Balaban J connectivity index is 2.06. The van der Waals surface area contributed by atoms with E-state index in [-0.39, 0.29) is 12.6 Å². The molecule has 0 amide bonds. The Bertz CT molecular complexity index is 138. The van der Waals surface area contributed by atoms with Crippen LogP contribution in [0, 0.1) is 0 Å². The van der Waals surface area contributed by atoms with Gasteiger partial charge in [-0.15, -0.1) is 0 Å². The van der Waals surface area contributed by atoms with Gasteiger partial charge in [0.1, 0.15) is 12.3 Å². The average molecular weight is 170 g/mol. The third-order valence-electron chi connectivity index (χ3n) is 1.32. The quantitative estimate of drug-likeness (QED) is 0.578. The molecule has 2 unspecified atom stereocenters. The van der Waals surface area contributed by atoms with E-state index in [9.17, 15) is 13.2 Å². The SMILES string of the molecule is NCC1OC1NCC(F)(F)F. The molecular formula is C5H9F3N2O. The van der Waals surface area contributed by atoms with Gasteiger partial charge in [0.05, 0.1) is 6.54 Å². The molecule has 0 aliphatic carbocycles. The molecule has 11 heavy (non-hydrogen) atoms. The summed E-state index contributed by atoms with van der Waals surface area (Å²) < 4.78 is 39.3. The lowest BCUT2D eigenvalue weighted by Gasteiger charge is -2.04. The fraction of sp³-hybridized carbons (Fsp3) is 1.00. The lowest BCUT2D eigenvalue weighted by molar-refractivity contribution is -0.126. The van der Waals surface area contributed by atoms with Crippen molar-refractivity contribution < 1.29 is 17.9 Å². The number of hydrogen-bond donors (Lipinski definition) is 2. The van der Waals surface area contributed by atoms with E-state index < -0.39 is 18.9 Å². The normalized spacial score (nSPS) is 30.5. The molecule has 1 fully saturated rings. The van der Waals surface area contributed by atoms with Crippen molar-refractivity contribution >= 4 is 0 Å². The van der Waals surface area contributed by atoms with Crippen LogP contribution in [-0.4, -0.2) is 31.6 Å². The van der Waals surface area contributed by atoms with Gasteiger partial charge in [0.15, 0.2) is 0 Å². The maximum absolute atomic E-state index is 11.5. The van der Waals surface area contributed by atoms with E-state index in [0.717, 1.165) is 0 Å². The summed E-state index contributed by atoms with van der Waals surface area (Å²) in [6.45, 7) is -0.760. The zero-order valence-electron chi connectivity index (χ0n) is 5.69. The molecule has 0 radical (unpaired) electrons. The van der Waals surface area contributed by atoms with Gasteiger partial charge >= 0.3 is 6.18 Å². The van der Waals surface area contributed by atoms with E-state index >= 15 is 0 Å². The van der Waals surface area contributed by atoms with Gasteiger partial charge in [-0.1, -0.05) is 0 Å². The van der Waals surface area contributed by atoms with Crippen molar-refractivity contribution in [2.75, 3.05) is 13.1 Å². The second kappa shape index (κ2) is 2.96. The van der Waals surface area contributed by atoms with Crippen molar-refractivity contribution in [2.45, 2.75) is 18.5 Å².